The van der Waals surface area contributed by atoms with Crippen molar-refractivity contribution in [2.45, 2.75) is 0 Å². The molecule has 0 saturated carbocycles. The summed E-state index contributed by atoms with van der Waals surface area (Å²) < 4.78 is 8.88. The van der Waals surface area contributed by atoms with Crippen molar-refractivity contribution in [1.29, 1.82) is 0 Å². The maximum Gasteiger partial charge on any atom is 0.585 e. The maximum atomic E-state index is 8.88. The highest BCUT2D eigenvalue weighted by Gasteiger charge is 2.04. The molecule has 0 aromatic heterocycles. The molecule has 0 amide bonds. The highest BCUT2D eigenvalue weighted by atomic mass is 31.2. The van der Waals surface area contributed by atoms with Crippen LogP contribution < -0.4 is 5.23 Å². The zero-order valence-electron chi connectivity index (χ0n) is 7.56. The SMILES string of the molecule is O=P(O)(O)O.OB(O)Nc1ccccc1. The van der Waals surface area contributed by atoms with Crippen LogP contribution in [0.1, 0.15) is 0 Å². The summed E-state index contributed by atoms with van der Waals surface area (Å²) in [6.07, 6.45) is 0. The largest absolute Gasteiger partial charge is 0.585 e. The molecule has 1 aromatic rings. The summed E-state index contributed by atoms with van der Waals surface area (Å²) in [6, 6.07) is 8.98. The smallest absolute Gasteiger partial charge is 0.408 e. The lowest BCUT2D eigenvalue weighted by Gasteiger charge is -2.01. The van der Waals surface area contributed by atoms with Crippen LogP contribution >= 0.6 is 7.82 Å². The van der Waals surface area contributed by atoms with Crippen LogP contribution in [0.5, 0.6) is 0 Å². The second-order valence-electron chi connectivity index (χ2n) is 2.40. The Morgan fingerprint density at radius 2 is 1.47 bits per heavy atom. The van der Waals surface area contributed by atoms with E-state index < -0.39 is 15.1 Å². The summed E-state index contributed by atoms with van der Waals surface area (Å²) in [5.41, 5.74) is 0.692. The van der Waals surface area contributed by atoms with Crippen LogP contribution in [-0.4, -0.2) is 32.0 Å². The lowest BCUT2D eigenvalue weighted by atomic mass is 10.1. The van der Waals surface area contributed by atoms with Crippen molar-refractivity contribution in [3.05, 3.63) is 30.3 Å². The molecule has 1 aromatic carbocycles. The predicted octanol–water partition coefficient (Wildman–Crippen LogP) is -0.861. The van der Waals surface area contributed by atoms with Gasteiger partial charge in [-0.3, -0.25) is 0 Å². The van der Waals surface area contributed by atoms with Crippen molar-refractivity contribution < 1.29 is 29.3 Å². The van der Waals surface area contributed by atoms with Gasteiger partial charge in [0.15, 0.2) is 0 Å². The van der Waals surface area contributed by atoms with Gasteiger partial charge in [0, 0.05) is 5.69 Å². The third kappa shape index (κ3) is 13.1. The number of phosphoric acid groups is 1. The molecule has 15 heavy (non-hydrogen) atoms. The third-order valence-electron chi connectivity index (χ3n) is 1.07. The number of rotatable bonds is 2. The van der Waals surface area contributed by atoms with E-state index in [4.69, 9.17) is 29.3 Å². The Morgan fingerprint density at radius 3 is 1.80 bits per heavy atom. The van der Waals surface area contributed by atoms with Crippen molar-refractivity contribution in [3.8, 4) is 0 Å². The normalized spacial score (nSPS) is 9.93. The number of hydrogen-bond donors (Lipinski definition) is 6. The van der Waals surface area contributed by atoms with Gasteiger partial charge < -0.3 is 30.0 Å². The molecule has 7 nitrogen and oxygen atoms in total. The first-order chi connectivity index (χ1) is 6.79. The molecular weight excluding hydrogens is 224 g/mol. The number of anilines is 1. The molecule has 0 heterocycles. The molecular formula is C6H11BNO6P. The van der Waals surface area contributed by atoms with E-state index in [0.717, 1.165) is 0 Å². The van der Waals surface area contributed by atoms with E-state index in [9.17, 15) is 0 Å². The zero-order chi connectivity index (χ0) is 11.9. The molecule has 0 atom stereocenters. The van der Waals surface area contributed by atoms with Crippen LogP contribution in [0.15, 0.2) is 30.3 Å². The first-order valence-corrected chi connectivity index (χ1v) is 5.31. The minimum Gasteiger partial charge on any atom is -0.408 e. The molecule has 0 aliphatic rings. The van der Waals surface area contributed by atoms with Crippen molar-refractivity contribution >= 4 is 20.8 Å². The second-order valence-corrected chi connectivity index (χ2v) is 3.42. The summed E-state index contributed by atoms with van der Waals surface area (Å²) in [6.45, 7) is 0. The fourth-order valence-corrected chi connectivity index (χ4v) is 0.683. The summed E-state index contributed by atoms with van der Waals surface area (Å²) >= 11 is 0. The van der Waals surface area contributed by atoms with E-state index in [2.05, 4.69) is 5.23 Å². The number of benzene rings is 1. The van der Waals surface area contributed by atoms with Gasteiger partial charge in [0.05, 0.1) is 0 Å². The van der Waals surface area contributed by atoms with Crippen molar-refractivity contribution in [2.24, 2.45) is 0 Å². The molecule has 6 N–H and O–H groups in total. The van der Waals surface area contributed by atoms with Gasteiger partial charge in [-0.15, -0.1) is 0 Å². The fraction of sp³-hybridized carbons (Fsp3) is 0. The Kier molecular flexibility index (Phi) is 6.18. The molecule has 0 aliphatic heterocycles. The van der Waals surface area contributed by atoms with Crippen LogP contribution in [0.4, 0.5) is 5.69 Å². The lowest BCUT2D eigenvalue weighted by Crippen LogP contribution is -2.23. The Labute approximate surface area is 86.4 Å². The number of para-hydroxylation sites is 1. The van der Waals surface area contributed by atoms with Gasteiger partial charge in [-0.25, -0.2) is 4.57 Å². The molecule has 0 aliphatic carbocycles. The Hall–Kier alpha value is -0.885. The van der Waals surface area contributed by atoms with Gasteiger partial charge >= 0.3 is 15.1 Å². The van der Waals surface area contributed by atoms with E-state index in [1.54, 1.807) is 12.1 Å². The maximum absolute atomic E-state index is 8.88. The van der Waals surface area contributed by atoms with Crippen molar-refractivity contribution in [3.63, 3.8) is 0 Å². The quantitative estimate of drug-likeness (QED) is 0.290. The minimum atomic E-state index is -4.64. The van der Waals surface area contributed by atoms with Gasteiger partial charge in [0.25, 0.3) is 0 Å². The van der Waals surface area contributed by atoms with Crippen LogP contribution in [0.25, 0.3) is 0 Å². The van der Waals surface area contributed by atoms with Crippen LogP contribution in [0.3, 0.4) is 0 Å². The molecule has 84 valence electrons. The van der Waals surface area contributed by atoms with E-state index >= 15 is 0 Å². The first-order valence-electron chi connectivity index (χ1n) is 3.75. The topological polar surface area (TPSA) is 130 Å². The van der Waals surface area contributed by atoms with Crippen LogP contribution in [0.2, 0.25) is 0 Å². The van der Waals surface area contributed by atoms with Crippen LogP contribution in [-0.2, 0) is 4.57 Å². The summed E-state index contributed by atoms with van der Waals surface area (Å²) in [5, 5.41) is 19.3. The van der Waals surface area contributed by atoms with Gasteiger partial charge in [-0.1, -0.05) is 18.2 Å². The first kappa shape index (κ1) is 14.1. The van der Waals surface area contributed by atoms with Gasteiger partial charge in [-0.05, 0) is 12.1 Å². The Balaban J connectivity index is 0.000000336. The van der Waals surface area contributed by atoms with Gasteiger partial charge in [0.1, 0.15) is 0 Å². The van der Waals surface area contributed by atoms with Crippen molar-refractivity contribution in [2.75, 3.05) is 5.23 Å². The van der Waals surface area contributed by atoms with Gasteiger partial charge in [0.2, 0.25) is 0 Å². The van der Waals surface area contributed by atoms with E-state index in [1.807, 2.05) is 18.2 Å². The average Bonchev–Trinajstić information content (AvgIpc) is 2.01. The van der Waals surface area contributed by atoms with E-state index in [0.29, 0.717) is 5.69 Å². The number of nitrogens with one attached hydrogen (secondary N) is 1. The molecule has 0 saturated heterocycles. The average molecular weight is 235 g/mol. The summed E-state index contributed by atoms with van der Waals surface area (Å²) in [7, 11) is -6.12. The molecule has 0 spiro atoms. The molecule has 9 heteroatoms. The Morgan fingerprint density at radius 1 is 1.07 bits per heavy atom. The molecule has 0 unspecified atom stereocenters. The molecule has 1 rings (SSSR count). The monoisotopic (exact) mass is 235 g/mol. The van der Waals surface area contributed by atoms with E-state index in [1.165, 1.54) is 0 Å². The van der Waals surface area contributed by atoms with E-state index in [-0.39, 0.29) is 0 Å². The molecule has 0 bridgehead atoms. The standard InChI is InChI=1S/C6H8BNO2.H3O4P/c9-7(10)8-6-4-2-1-3-5-6;1-5(2,3)4/h1-5,8-10H;(H3,1,2,3,4). The second kappa shape index (κ2) is 6.57. The highest BCUT2D eigenvalue weighted by Crippen LogP contribution is 2.25. The third-order valence-corrected chi connectivity index (χ3v) is 1.07. The summed E-state index contributed by atoms with van der Waals surface area (Å²) in [5.74, 6) is 0. The highest BCUT2D eigenvalue weighted by molar-refractivity contribution is 7.45. The van der Waals surface area contributed by atoms with Crippen LogP contribution in [0, 0.1) is 0 Å². The number of hydrogen-bond acceptors (Lipinski definition) is 4. The molecule has 0 radical (unpaired) electrons. The zero-order valence-corrected chi connectivity index (χ0v) is 8.45. The predicted molar refractivity (Wildman–Crippen MR) is 54.5 cm³/mol. The minimum absolute atomic E-state index is 0.692. The van der Waals surface area contributed by atoms with Gasteiger partial charge in [-0.2, -0.15) is 0 Å². The Bertz CT molecular complexity index is 306. The fourth-order valence-electron chi connectivity index (χ4n) is 0.683. The summed E-state index contributed by atoms with van der Waals surface area (Å²) in [4.78, 5) is 21.6. The molecule has 0 fully saturated rings. The van der Waals surface area contributed by atoms with Crippen molar-refractivity contribution in [1.82, 2.24) is 0 Å². The lowest BCUT2D eigenvalue weighted by molar-refractivity contribution is 0.275.